The average molecular weight is 431 g/mol. The minimum atomic E-state index is -2.71. The van der Waals surface area contributed by atoms with Crippen molar-refractivity contribution in [3.63, 3.8) is 0 Å². The minimum absolute atomic E-state index is 0.00356. The van der Waals surface area contributed by atoms with Gasteiger partial charge in [-0.2, -0.15) is 0 Å². The predicted molar refractivity (Wildman–Crippen MR) is 98.7 cm³/mol. The third-order valence-electron chi connectivity index (χ3n) is 5.25. The molecule has 4 heteroatoms. The van der Waals surface area contributed by atoms with E-state index in [4.69, 9.17) is 4.74 Å². The molecule has 0 radical (unpaired) electrons. The van der Waals surface area contributed by atoms with Crippen LogP contribution in [0.2, 0.25) is 17.2 Å². The van der Waals surface area contributed by atoms with Crippen LogP contribution in [-0.4, -0.2) is 42.2 Å². The van der Waals surface area contributed by atoms with Crippen LogP contribution in [0, 0.1) is 0 Å². The summed E-state index contributed by atoms with van der Waals surface area (Å²) in [6.45, 7) is 10.6. The summed E-state index contributed by atoms with van der Waals surface area (Å²) in [7, 11) is 0. The van der Waals surface area contributed by atoms with Crippen LogP contribution in [0.25, 0.3) is 0 Å². The number of unbranched alkanes of at least 4 members (excludes halogenated alkanes) is 3. The molecule has 0 spiro atoms. The molecule has 1 fully saturated rings. The van der Waals surface area contributed by atoms with Gasteiger partial charge in [0.1, 0.15) is 0 Å². The number of ether oxygens (including phenoxy) is 1. The fourth-order valence-corrected chi connectivity index (χ4v) is 22.3. The molecule has 23 heavy (non-hydrogen) atoms. The van der Waals surface area contributed by atoms with Gasteiger partial charge in [-0.1, -0.05) is 0 Å². The Hall–Kier alpha value is 0.0987. The number of carbonyl (C=O) groups excluding carboxylic acids is 2. The van der Waals surface area contributed by atoms with Gasteiger partial charge >= 0.3 is 147 Å². The van der Waals surface area contributed by atoms with E-state index in [1.54, 1.807) is 0 Å². The van der Waals surface area contributed by atoms with Crippen molar-refractivity contribution >= 4 is 29.9 Å². The molecule has 0 heterocycles. The van der Waals surface area contributed by atoms with E-state index in [-0.39, 0.29) is 21.6 Å². The summed E-state index contributed by atoms with van der Waals surface area (Å²) in [4.78, 5) is 24.6. The third kappa shape index (κ3) is 5.29. The molecule has 0 aromatic heterocycles. The summed E-state index contributed by atoms with van der Waals surface area (Å²) in [5, 5.41) is 0. The van der Waals surface area contributed by atoms with Gasteiger partial charge in [-0.25, -0.2) is 0 Å². The molecular formula is C19H36O3Sn. The molecule has 0 amide bonds. The fourth-order valence-electron chi connectivity index (χ4n) is 3.95. The second-order valence-corrected chi connectivity index (χ2v) is 21.3. The summed E-state index contributed by atoms with van der Waals surface area (Å²) < 4.78 is 9.68. The fraction of sp³-hybridized carbons (Fsp3) is 0.895. The average Bonchev–Trinajstić information content (AvgIpc) is 2.54. The first-order chi connectivity index (χ1) is 10.9. The molecule has 0 aromatic carbocycles. The van der Waals surface area contributed by atoms with Crippen molar-refractivity contribution in [2.75, 3.05) is 0 Å². The Balaban J connectivity index is 3.06. The van der Waals surface area contributed by atoms with Crippen molar-refractivity contribution in [1.29, 1.82) is 0 Å². The van der Waals surface area contributed by atoms with Crippen LogP contribution < -0.4 is 0 Å². The molecule has 2 atom stereocenters. The van der Waals surface area contributed by atoms with Gasteiger partial charge in [-0.05, 0) is 0 Å². The molecule has 1 aliphatic rings. The van der Waals surface area contributed by atoms with Gasteiger partial charge in [0.2, 0.25) is 0 Å². The van der Waals surface area contributed by atoms with Crippen molar-refractivity contribution in [2.45, 2.75) is 103 Å². The van der Waals surface area contributed by atoms with Crippen molar-refractivity contribution in [3.05, 3.63) is 0 Å². The Kier molecular flexibility index (Phi) is 9.35. The Bertz CT molecular complexity index is 370. The monoisotopic (exact) mass is 432 g/mol. The van der Waals surface area contributed by atoms with Crippen LogP contribution in [0.3, 0.4) is 0 Å². The van der Waals surface area contributed by atoms with Gasteiger partial charge in [0.15, 0.2) is 0 Å². The molecule has 0 bridgehead atoms. The van der Waals surface area contributed by atoms with Crippen LogP contribution in [-0.2, 0) is 14.3 Å². The van der Waals surface area contributed by atoms with E-state index in [1.807, 2.05) is 13.8 Å². The summed E-state index contributed by atoms with van der Waals surface area (Å²) in [5.41, 5.74) is 0. The predicted octanol–water partition coefficient (Wildman–Crippen LogP) is 5.15. The standard InChI is InChI=1S/C7H9O3.3C4H9.Sn/c1-4(2)10-6-3-5(8)7(6)9;3*1-3-4-2;/h3-4,6H,1-2H3;3*1,3-4H2,2H3;. The van der Waals surface area contributed by atoms with Crippen molar-refractivity contribution in [3.8, 4) is 0 Å². The maximum absolute atomic E-state index is 12.5. The van der Waals surface area contributed by atoms with E-state index in [0.29, 0.717) is 0 Å². The molecule has 0 N–H and O–H groups in total. The van der Waals surface area contributed by atoms with Gasteiger partial charge in [-0.15, -0.1) is 0 Å². The molecule has 0 aromatic rings. The van der Waals surface area contributed by atoms with Crippen molar-refractivity contribution in [1.82, 2.24) is 0 Å². The van der Waals surface area contributed by atoms with Crippen molar-refractivity contribution < 1.29 is 14.3 Å². The van der Waals surface area contributed by atoms with Gasteiger partial charge in [0.05, 0.1) is 0 Å². The van der Waals surface area contributed by atoms with Crippen LogP contribution in [0.1, 0.15) is 73.1 Å². The molecule has 0 aliphatic heterocycles. The molecular weight excluding hydrogens is 395 g/mol. The first kappa shape index (κ1) is 21.1. The van der Waals surface area contributed by atoms with Gasteiger partial charge < -0.3 is 0 Å². The van der Waals surface area contributed by atoms with Crippen LogP contribution in [0.15, 0.2) is 0 Å². The van der Waals surface area contributed by atoms with Crippen molar-refractivity contribution in [2.24, 2.45) is 0 Å². The molecule has 1 aliphatic carbocycles. The summed E-state index contributed by atoms with van der Waals surface area (Å²) in [5.74, 6) is -0.316. The zero-order valence-electron chi connectivity index (χ0n) is 15.8. The van der Waals surface area contributed by atoms with Gasteiger partial charge in [-0.3, -0.25) is 0 Å². The number of carbonyl (C=O) groups is 2. The van der Waals surface area contributed by atoms with Gasteiger partial charge in [0.25, 0.3) is 0 Å². The molecule has 0 saturated heterocycles. The quantitative estimate of drug-likeness (QED) is 0.317. The van der Waals surface area contributed by atoms with Crippen LogP contribution in [0.5, 0.6) is 0 Å². The normalized spacial score (nSPS) is 21.8. The third-order valence-corrected chi connectivity index (χ3v) is 22.2. The van der Waals surface area contributed by atoms with E-state index in [2.05, 4.69) is 20.8 Å². The zero-order chi connectivity index (χ0) is 17.5. The van der Waals surface area contributed by atoms with Crippen LogP contribution in [0.4, 0.5) is 0 Å². The molecule has 1 saturated carbocycles. The molecule has 1 rings (SSSR count). The molecule has 3 nitrogen and oxygen atoms in total. The summed E-state index contributed by atoms with van der Waals surface area (Å²) >= 11 is -2.71. The first-order valence-electron chi connectivity index (χ1n) is 9.67. The van der Waals surface area contributed by atoms with E-state index < -0.39 is 24.5 Å². The second-order valence-electron chi connectivity index (χ2n) is 7.48. The summed E-state index contributed by atoms with van der Waals surface area (Å²) in [6.07, 6.45) is 6.82. The Morgan fingerprint density at radius 1 is 0.870 bits per heavy atom. The first-order valence-corrected chi connectivity index (χ1v) is 17.4. The Labute approximate surface area is 146 Å². The zero-order valence-corrected chi connectivity index (χ0v) is 18.7. The van der Waals surface area contributed by atoms with E-state index in [0.717, 1.165) is 0 Å². The van der Waals surface area contributed by atoms with Gasteiger partial charge in [0, 0.05) is 0 Å². The number of ketones is 2. The number of Topliss-reactive ketones (excluding diaryl/α,β-unsaturated/α-hetero) is 2. The SMILES string of the molecule is CCC[CH2][Sn]([CH2]CCC)([CH2]CCC)[CH]1C(=O)C(=O)C1OC(C)C. The molecule has 2 unspecified atom stereocenters. The number of hydrogen-bond acceptors (Lipinski definition) is 3. The number of hydrogen-bond donors (Lipinski definition) is 0. The number of rotatable bonds is 12. The van der Waals surface area contributed by atoms with E-state index in [9.17, 15) is 9.59 Å². The maximum atomic E-state index is 12.5. The molecule has 134 valence electrons. The van der Waals surface area contributed by atoms with Crippen LogP contribution >= 0.6 is 0 Å². The summed E-state index contributed by atoms with van der Waals surface area (Å²) in [6, 6.07) is 0. The Morgan fingerprint density at radius 2 is 1.30 bits per heavy atom. The second kappa shape index (κ2) is 10.2. The Morgan fingerprint density at radius 3 is 1.65 bits per heavy atom. The van der Waals surface area contributed by atoms with E-state index in [1.165, 1.54) is 51.8 Å². The topological polar surface area (TPSA) is 43.4 Å². The van der Waals surface area contributed by atoms with E-state index >= 15 is 0 Å².